The predicted octanol–water partition coefficient (Wildman–Crippen LogP) is 1.89. The topological polar surface area (TPSA) is 78.8 Å². The van der Waals surface area contributed by atoms with Crippen LogP contribution in [-0.2, 0) is 4.74 Å². The zero-order chi connectivity index (χ0) is 14.5. The average molecular weight is 267 g/mol. The fourth-order valence-corrected chi connectivity index (χ4v) is 1.59. The van der Waals surface area contributed by atoms with E-state index in [1.165, 1.54) is 18.2 Å². The highest BCUT2D eigenvalue weighted by molar-refractivity contribution is 5.97. The van der Waals surface area contributed by atoms with Crippen LogP contribution in [0.2, 0.25) is 0 Å². The van der Waals surface area contributed by atoms with Crippen molar-refractivity contribution >= 4 is 5.91 Å². The summed E-state index contributed by atoms with van der Waals surface area (Å²) in [6.07, 6.45) is 0.815. The molecule has 0 aliphatic rings. The van der Waals surface area contributed by atoms with Gasteiger partial charge in [0, 0.05) is 20.3 Å². The largest absolute Gasteiger partial charge is 0.508 e. The van der Waals surface area contributed by atoms with E-state index < -0.39 is 5.91 Å². The lowest BCUT2D eigenvalue weighted by Crippen LogP contribution is -2.34. The number of rotatable bonds is 6. The average Bonchev–Trinajstić information content (AvgIpc) is 2.36. The van der Waals surface area contributed by atoms with Crippen LogP contribution in [0.1, 0.15) is 30.6 Å². The molecule has 0 aliphatic heterocycles. The number of amides is 1. The molecule has 19 heavy (non-hydrogen) atoms. The highest BCUT2D eigenvalue weighted by Crippen LogP contribution is 2.23. The number of carbonyl (C=O) groups is 1. The number of phenolic OH excluding ortho intramolecular Hbond substituents is 2. The molecule has 1 rings (SSSR count). The molecular weight excluding hydrogens is 246 g/mol. The first-order valence-electron chi connectivity index (χ1n) is 6.15. The maximum atomic E-state index is 11.9. The Balaban J connectivity index is 2.62. The van der Waals surface area contributed by atoms with Gasteiger partial charge in [-0.05, 0) is 30.0 Å². The van der Waals surface area contributed by atoms with Gasteiger partial charge in [0.15, 0.2) is 0 Å². The van der Waals surface area contributed by atoms with E-state index in [4.69, 9.17) is 4.74 Å². The molecule has 5 heteroatoms. The summed E-state index contributed by atoms with van der Waals surface area (Å²) in [7, 11) is 1.64. The van der Waals surface area contributed by atoms with E-state index in [1.54, 1.807) is 7.11 Å². The van der Waals surface area contributed by atoms with Crippen LogP contribution in [0.15, 0.2) is 18.2 Å². The van der Waals surface area contributed by atoms with Crippen LogP contribution >= 0.6 is 0 Å². The number of benzene rings is 1. The zero-order valence-electron chi connectivity index (χ0n) is 11.6. The number of ether oxygens (including phenoxy) is 1. The van der Waals surface area contributed by atoms with Crippen molar-refractivity contribution in [3.63, 3.8) is 0 Å². The highest BCUT2D eigenvalue weighted by atomic mass is 16.5. The summed E-state index contributed by atoms with van der Waals surface area (Å²) in [6, 6.07) is 3.86. The van der Waals surface area contributed by atoms with E-state index >= 15 is 0 Å². The van der Waals surface area contributed by atoms with E-state index in [0.29, 0.717) is 13.2 Å². The Hall–Kier alpha value is -1.75. The summed E-state index contributed by atoms with van der Waals surface area (Å²) in [5.74, 6) is -0.606. The molecule has 5 nitrogen and oxygen atoms in total. The molecule has 0 saturated heterocycles. The smallest absolute Gasteiger partial charge is 0.255 e. The molecule has 0 bridgehead atoms. The second-order valence-electron chi connectivity index (χ2n) is 5.29. The lowest BCUT2D eigenvalue weighted by atomic mass is 9.89. The summed E-state index contributed by atoms with van der Waals surface area (Å²) < 4.78 is 5.02. The Morgan fingerprint density at radius 3 is 2.68 bits per heavy atom. The molecule has 0 radical (unpaired) electrons. The van der Waals surface area contributed by atoms with Crippen molar-refractivity contribution < 1.29 is 19.7 Å². The third-order valence-electron chi connectivity index (χ3n) is 2.94. The summed E-state index contributed by atoms with van der Waals surface area (Å²) in [6.45, 7) is 5.13. The molecule has 1 aromatic rings. The van der Waals surface area contributed by atoms with Crippen molar-refractivity contribution in [2.45, 2.75) is 20.3 Å². The molecule has 1 aromatic carbocycles. The van der Waals surface area contributed by atoms with Crippen molar-refractivity contribution in [1.82, 2.24) is 5.32 Å². The van der Waals surface area contributed by atoms with Gasteiger partial charge < -0.3 is 20.3 Å². The molecule has 0 unspecified atom stereocenters. The molecule has 0 saturated carbocycles. The lowest BCUT2D eigenvalue weighted by molar-refractivity contribution is 0.0918. The molecule has 0 fully saturated rings. The van der Waals surface area contributed by atoms with Crippen molar-refractivity contribution in [3.05, 3.63) is 23.8 Å². The van der Waals surface area contributed by atoms with Crippen LogP contribution in [0.5, 0.6) is 11.5 Å². The summed E-state index contributed by atoms with van der Waals surface area (Å²) in [4.78, 5) is 11.9. The van der Waals surface area contributed by atoms with Gasteiger partial charge in [0.2, 0.25) is 0 Å². The number of carbonyl (C=O) groups excluding carboxylic acids is 1. The Bertz CT molecular complexity index is 443. The van der Waals surface area contributed by atoms with Crippen LogP contribution < -0.4 is 5.32 Å². The van der Waals surface area contributed by atoms with Crippen LogP contribution in [0.4, 0.5) is 0 Å². The van der Waals surface area contributed by atoms with Gasteiger partial charge in [0.05, 0.1) is 5.56 Å². The first-order valence-corrected chi connectivity index (χ1v) is 6.15. The highest BCUT2D eigenvalue weighted by Gasteiger charge is 2.20. The minimum Gasteiger partial charge on any atom is -0.508 e. The van der Waals surface area contributed by atoms with E-state index in [9.17, 15) is 15.0 Å². The second kappa shape index (κ2) is 6.43. The lowest BCUT2D eigenvalue weighted by Gasteiger charge is -2.24. The van der Waals surface area contributed by atoms with E-state index in [-0.39, 0.29) is 22.5 Å². The number of phenols is 2. The third kappa shape index (κ3) is 4.79. The van der Waals surface area contributed by atoms with Crippen LogP contribution in [-0.4, -0.2) is 36.4 Å². The van der Waals surface area contributed by atoms with E-state index in [2.05, 4.69) is 5.32 Å². The molecule has 0 aromatic heterocycles. The monoisotopic (exact) mass is 267 g/mol. The molecule has 3 N–H and O–H groups in total. The van der Waals surface area contributed by atoms with Gasteiger partial charge in [0.25, 0.3) is 5.91 Å². The number of aromatic hydroxyl groups is 2. The quantitative estimate of drug-likeness (QED) is 0.688. The first kappa shape index (κ1) is 15.3. The normalized spacial score (nSPS) is 11.3. The van der Waals surface area contributed by atoms with Gasteiger partial charge in [-0.25, -0.2) is 0 Å². The first-order chi connectivity index (χ1) is 8.85. The van der Waals surface area contributed by atoms with Crippen LogP contribution in [0, 0.1) is 5.41 Å². The van der Waals surface area contributed by atoms with Crippen molar-refractivity contribution in [1.29, 1.82) is 0 Å². The van der Waals surface area contributed by atoms with Crippen molar-refractivity contribution in [2.24, 2.45) is 5.41 Å². The van der Waals surface area contributed by atoms with Gasteiger partial charge in [-0.1, -0.05) is 13.8 Å². The SMILES string of the molecule is COCCC(C)(C)CNC(=O)c1cc(O)ccc1O. The van der Waals surface area contributed by atoms with Crippen molar-refractivity contribution in [3.8, 4) is 11.5 Å². The molecular formula is C14H21NO4. The second-order valence-corrected chi connectivity index (χ2v) is 5.29. The zero-order valence-corrected chi connectivity index (χ0v) is 11.6. The standard InChI is InChI=1S/C14H21NO4/c1-14(2,6-7-19-3)9-15-13(18)11-8-10(16)4-5-12(11)17/h4-5,8,16-17H,6-7,9H2,1-3H3,(H,15,18). The summed E-state index contributed by atoms with van der Waals surface area (Å²) in [5.41, 5.74) is -0.0273. The molecule has 1 amide bonds. The van der Waals surface area contributed by atoms with Crippen molar-refractivity contribution in [2.75, 3.05) is 20.3 Å². The van der Waals surface area contributed by atoms with Gasteiger partial charge in [-0.3, -0.25) is 4.79 Å². The Morgan fingerprint density at radius 1 is 1.37 bits per heavy atom. The predicted molar refractivity (Wildman–Crippen MR) is 72.4 cm³/mol. The molecule has 0 spiro atoms. The van der Waals surface area contributed by atoms with Gasteiger partial charge in [-0.15, -0.1) is 0 Å². The van der Waals surface area contributed by atoms with Crippen LogP contribution in [0.25, 0.3) is 0 Å². The minimum atomic E-state index is -0.404. The molecule has 106 valence electrons. The maximum absolute atomic E-state index is 11.9. The van der Waals surface area contributed by atoms with Gasteiger partial charge >= 0.3 is 0 Å². The summed E-state index contributed by atoms with van der Waals surface area (Å²) >= 11 is 0. The van der Waals surface area contributed by atoms with Gasteiger partial charge in [-0.2, -0.15) is 0 Å². The number of hydrogen-bond donors (Lipinski definition) is 3. The molecule has 0 atom stereocenters. The fraction of sp³-hybridized carbons (Fsp3) is 0.500. The molecule has 0 aliphatic carbocycles. The number of nitrogens with one attached hydrogen (secondary N) is 1. The fourth-order valence-electron chi connectivity index (χ4n) is 1.59. The Kier molecular flexibility index (Phi) is 5.18. The Morgan fingerprint density at radius 2 is 2.05 bits per heavy atom. The summed E-state index contributed by atoms with van der Waals surface area (Å²) in [5, 5.41) is 21.7. The van der Waals surface area contributed by atoms with Crippen LogP contribution in [0.3, 0.4) is 0 Å². The minimum absolute atomic E-state index is 0.0541. The third-order valence-corrected chi connectivity index (χ3v) is 2.94. The maximum Gasteiger partial charge on any atom is 0.255 e. The number of hydrogen-bond acceptors (Lipinski definition) is 4. The van der Waals surface area contributed by atoms with E-state index in [1.807, 2.05) is 13.8 Å². The van der Waals surface area contributed by atoms with E-state index in [0.717, 1.165) is 6.42 Å². The molecule has 0 heterocycles. The Labute approximate surface area is 113 Å². The van der Waals surface area contributed by atoms with Gasteiger partial charge in [0.1, 0.15) is 11.5 Å². The number of methoxy groups -OCH3 is 1.